The van der Waals surface area contributed by atoms with Crippen LogP contribution in [0.2, 0.25) is 0 Å². The van der Waals surface area contributed by atoms with Crippen LogP contribution in [0.4, 0.5) is 18.9 Å². The van der Waals surface area contributed by atoms with Gasteiger partial charge in [-0.2, -0.15) is 18.3 Å². The Kier molecular flexibility index (Phi) is 7.33. The summed E-state index contributed by atoms with van der Waals surface area (Å²) in [6.45, 7) is 3.49. The van der Waals surface area contributed by atoms with Gasteiger partial charge >= 0.3 is 12.1 Å². The Hall–Kier alpha value is -4.44. The number of carbonyl (C=O) groups excluding carboxylic acids is 1. The van der Waals surface area contributed by atoms with Crippen LogP contribution < -0.4 is 4.90 Å². The number of para-hydroxylation sites is 1. The minimum atomic E-state index is -5.08. The third-order valence-corrected chi connectivity index (χ3v) is 8.67. The molecule has 3 aliphatic rings. The van der Waals surface area contributed by atoms with E-state index < -0.39 is 17.6 Å². The first-order chi connectivity index (χ1) is 20.6. The number of aromatic amines is 1. The molecule has 0 bridgehead atoms. The fourth-order valence-corrected chi connectivity index (χ4v) is 6.38. The smallest absolute Gasteiger partial charge is 0.475 e. The number of carboxylic acids is 1. The molecule has 10 heteroatoms. The van der Waals surface area contributed by atoms with Gasteiger partial charge in [0.15, 0.2) is 0 Å². The van der Waals surface area contributed by atoms with E-state index in [1.165, 1.54) is 48.2 Å². The summed E-state index contributed by atoms with van der Waals surface area (Å²) in [6, 6.07) is 23.6. The van der Waals surface area contributed by atoms with Gasteiger partial charge in [-0.1, -0.05) is 60.7 Å². The number of likely N-dealkylation sites (tertiary alicyclic amines) is 1. The van der Waals surface area contributed by atoms with Crippen molar-refractivity contribution >= 4 is 40.6 Å². The molecular weight excluding hydrogens is 557 g/mol. The molecule has 1 aromatic heterocycles. The lowest BCUT2D eigenvalue weighted by atomic mass is 9.92. The third-order valence-electron chi connectivity index (χ3n) is 8.67. The summed E-state index contributed by atoms with van der Waals surface area (Å²) in [5.74, 6) is -2.33. The zero-order chi connectivity index (χ0) is 30.4. The molecule has 1 spiro atoms. The Morgan fingerprint density at radius 2 is 1.77 bits per heavy atom. The second kappa shape index (κ2) is 11.0. The molecule has 1 saturated carbocycles. The molecule has 7 rings (SSSR count). The van der Waals surface area contributed by atoms with Crippen LogP contribution in [0.5, 0.6) is 0 Å². The number of aliphatic carboxylic acids is 1. The third kappa shape index (κ3) is 5.43. The normalized spacial score (nSPS) is 21.4. The Bertz CT molecular complexity index is 1710. The number of halogens is 3. The molecule has 222 valence electrons. The Morgan fingerprint density at radius 3 is 2.47 bits per heavy atom. The molecule has 2 aliphatic heterocycles. The number of aromatic nitrogens is 2. The molecule has 1 saturated heterocycles. The van der Waals surface area contributed by atoms with E-state index in [2.05, 4.69) is 81.8 Å². The number of carbonyl (C=O) groups is 2. The Balaban J connectivity index is 0.000000423. The zero-order valence-electron chi connectivity index (χ0n) is 23.6. The van der Waals surface area contributed by atoms with Gasteiger partial charge in [-0.15, -0.1) is 0 Å². The molecule has 3 heterocycles. The minimum absolute atomic E-state index is 0.210. The van der Waals surface area contributed by atoms with E-state index in [9.17, 15) is 18.0 Å². The predicted molar refractivity (Wildman–Crippen MR) is 159 cm³/mol. The minimum Gasteiger partial charge on any atom is -0.475 e. The van der Waals surface area contributed by atoms with Crippen LogP contribution in [0.25, 0.3) is 23.1 Å². The van der Waals surface area contributed by atoms with Gasteiger partial charge in [-0.25, -0.2) is 4.79 Å². The highest BCUT2D eigenvalue weighted by atomic mass is 19.4. The lowest BCUT2D eigenvalue weighted by Crippen LogP contribution is -2.29. The molecule has 1 amide bonds. The summed E-state index contributed by atoms with van der Waals surface area (Å²) in [5.41, 5.74) is 7.52. The number of alkyl halides is 3. The average molecular weight is 589 g/mol. The van der Waals surface area contributed by atoms with Gasteiger partial charge in [0, 0.05) is 30.6 Å². The monoisotopic (exact) mass is 588 g/mol. The highest BCUT2D eigenvalue weighted by Crippen LogP contribution is 2.66. The van der Waals surface area contributed by atoms with E-state index in [0.717, 1.165) is 35.2 Å². The van der Waals surface area contributed by atoms with Gasteiger partial charge in [-0.3, -0.25) is 14.8 Å². The number of nitrogens with one attached hydrogen (secondary N) is 1. The summed E-state index contributed by atoms with van der Waals surface area (Å²) in [5, 5.41) is 16.0. The lowest BCUT2D eigenvalue weighted by molar-refractivity contribution is -0.192. The topological polar surface area (TPSA) is 89.5 Å². The van der Waals surface area contributed by atoms with Crippen LogP contribution in [0, 0.1) is 0 Å². The molecule has 1 aliphatic carbocycles. The molecule has 0 radical (unpaired) electrons. The van der Waals surface area contributed by atoms with E-state index in [-0.39, 0.29) is 11.8 Å². The van der Waals surface area contributed by atoms with E-state index in [4.69, 9.17) is 9.90 Å². The van der Waals surface area contributed by atoms with Gasteiger partial charge in [0.2, 0.25) is 5.91 Å². The first-order valence-corrected chi connectivity index (χ1v) is 14.2. The van der Waals surface area contributed by atoms with Crippen LogP contribution in [0.15, 0.2) is 66.7 Å². The largest absolute Gasteiger partial charge is 0.490 e. The zero-order valence-corrected chi connectivity index (χ0v) is 23.6. The second-order valence-electron chi connectivity index (χ2n) is 11.4. The Morgan fingerprint density at radius 1 is 1.07 bits per heavy atom. The van der Waals surface area contributed by atoms with Gasteiger partial charge in [0.05, 0.1) is 16.6 Å². The number of benzene rings is 3. The fourth-order valence-electron chi connectivity index (χ4n) is 6.38. The maximum absolute atomic E-state index is 13.2. The number of anilines is 1. The van der Waals surface area contributed by atoms with Crippen LogP contribution in [-0.4, -0.2) is 58.4 Å². The molecule has 0 unspecified atom stereocenters. The first kappa shape index (κ1) is 28.7. The average Bonchev–Trinajstić information content (AvgIpc) is 3.22. The van der Waals surface area contributed by atoms with Crippen molar-refractivity contribution in [1.82, 2.24) is 15.1 Å². The highest BCUT2D eigenvalue weighted by Gasteiger charge is 2.66. The molecular formula is C33H31F3N4O3. The number of rotatable bonds is 5. The fraction of sp³-hybridized carbons (Fsp3) is 0.303. The summed E-state index contributed by atoms with van der Waals surface area (Å²) >= 11 is 0. The van der Waals surface area contributed by atoms with E-state index in [1.807, 2.05) is 24.1 Å². The summed E-state index contributed by atoms with van der Waals surface area (Å²) in [7, 11) is 1.89. The lowest BCUT2D eigenvalue weighted by Gasteiger charge is -2.14. The quantitative estimate of drug-likeness (QED) is 0.283. The van der Waals surface area contributed by atoms with Gasteiger partial charge < -0.3 is 10.0 Å². The standard InChI is InChI=1S/C31H30N4O.C2HF3O2/c1-34-29-7-3-2-6-25(29)31(30(34)36)19-26(31)23-13-14-24-27(32-33-28(24)18-23)15-12-21-8-10-22(11-9-21)20-35-16-4-5-17-35;3-2(4,5)1(6)7/h2-3,6-15,18,26H,4-5,16-17,19-20H2,1H3,(H,32,33);(H,6,7)/t26-,31-;/m0./s1. The summed E-state index contributed by atoms with van der Waals surface area (Å²) in [4.78, 5) is 26.5. The van der Waals surface area contributed by atoms with Crippen molar-refractivity contribution in [3.05, 3.63) is 94.7 Å². The van der Waals surface area contributed by atoms with Gasteiger partial charge in [-0.05, 0) is 72.8 Å². The molecule has 4 aromatic rings. The number of amides is 1. The van der Waals surface area contributed by atoms with Crippen LogP contribution >= 0.6 is 0 Å². The van der Waals surface area contributed by atoms with E-state index >= 15 is 0 Å². The van der Waals surface area contributed by atoms with Crippen molar-refractivity contribution in [1.29, 1.82) is 0 Å². The molecule has 7 nitrogen and oxygen atoms in total. The number of carboxylic acid groups (broad SMARTS) is 1. The van der Waals surface area contributed by atoms with E-state index in [1.54, 1.807) is 0 Å². The van der Waals surface area contributed by atoms with Gasteiger partial charge in [0.1, 0.15) is 0 Å². The maximum Gasteiger partial charge on any atom is 0.490 e. The molecule has 2 fully saturated rings. The van der Waals surface area contributed by atoms with Crippen molar-refractivity contribution in [2.45, 2.75) is 43.3 Å². The number of hydrogen-bond acceptors (Lipinski definition) is 4. The van der Waals surface area contributed by atoms with Crippen molar-refractivity contribution in [2.24, 2.45) is 0 Å². The summed E-state index contributed by atoms with van der Waals surface area (Å²) < 4.78 is 31.7. The number of nitrogens with zero attached hydrogens (tertiary/aromatic N) is 3. The molecule has 2 N–H and O–H groups in total. The van der Waals surface area contributed by atoms with Crippen molar-refractivity contribution in [3.63, 3.8) is 0 Å². The van der Waals surface area contributed by atoms with Crippen molar-refractivity contribution in [2.75, 3.05) is 25.0 Å². The van der Waals surface area contributed by atoms with Crippen LogP contribution in [-0.2, 0) is 21.5 Å². The number of hydrogen-bond donors (Lipinski definition) is 2. The van der Waals surface area contributed by atoms with Crippen LogP contribution in [0.1, 0.15) is 53.1 Å². The predicted octanol–water partition coefficient (Wildman–Crippen LogP) is 6.36. The van der Waals surface area contributed by atoms with E-state index in [0.29, 0.717) is 0 Å². The molecule has 43 heavy (non-hydrogen) atoms. The SMILES string of the molecule is CN1C(=O)[C@@]2(C[C@H]2c2ccc3c(C=Cc4ccc(CN5CCCC5)cc4)n[nH]c3c2)c2ccccc21.O=C(O)C(F)(F)F. The summed E-state index contributed by atoms with van der Waals surface area (Å²) in [6.07, 6.45) is 2.64. The van der Waals surface area contributed by atoms with Crippen molar-refractivity contribution in [3.8, 4) is 0 Å². The van der Waals surface area contributed by atoms with Crippen molar-refractivity contribution < 1.29 is 27.9 Å². The van der Waals surface area contributed by atoms with Gasteiger partial charge in [0.25, 0.3) is 0 Å². The highest BCUT2D eigenvalue weighted by molar-refractivity contribution is 6.11. The molecule has 3 aromatic carbocycles. The Labute approximate surface area is 246 Å². The molecule has 2 atom stereocenters. The van der Waals surface area contributed by atoms with Crippen LogP contribution in [0.3, 0.4) is 0 Å². The number of fused-ring (bicyclic) bond motifs is 3. The first-order valence-electron chi connectivity index (χ1n) is 14.2. The second-order valence-corrected chi connectivity index (χ2v) is 11.4. The number of H-pyrrole nitrogens is 1. The number of likely N-dealkylation sites (N-methyl/N-ethyl adjacent to an activating group) is 1. The maximum atomic E-state index is 13.2.